The van der Waals surface area contributed by atoms with Crippen LogP contribution in [-0.2, 0) is 0 Å². The van der Waals surface area contributed by atoms with Crippen LogP contribution in [0.3, 0.4) is 0 Å². The first-order valence-corrected chi connectivity index (χ1v) is 7.16. The quantitative estimate of drug-likeness (QED) is 0.536. The Morgan fingerprint density at radius 1 is 1.24 bits per heavy atom. The van der Waals surface area contributed by atoms with Gasteiger partial charge in [0.1, 0.15) is 18.0 Å². The van der Waals surface area contributed by atoms with E-state index in [0.717, 1.165) is 13.0 Å². The maximum atomic E-state index is 5.66. The minimum Gasteiger partial charge on any atom is -0.490 e. The van der Waals surface area contributed by atoms with Crippen LogP contribution in [0, 0.1) is 0 Å². The average Bonchev–Trinajstić information content (AvgIpc) is 2.44. The molecule has 2 aromatic rings. The van der Waals surface area contributed by atoms with Gasteiger partial charge >= 0.3 is 0 Å². The highest BCUT2D eigenvalue weighted by atomic mass is 32.2. The van der Waals surface area contributed by atoms with Crippen LogP contribution in [-0.4, -0.2) is 33.6 Å². The topological polar surface area (TPSA) is 125 Å². The van der Waals surface area contributed by atoms with Gasteiger partial charge in [0.15, 0.2) is 21.7 Å². The van der Waals surface area contributed by atoms with Crippen molar-refractivity contribution in [3.05, 3.63) is 12.4 Å². The lowest BCUT2D eigenvalue weighted by Crippen LogP contribution is -2.06. The number of aromatic nitrogens is 4. The Morgan fingerprint density at radius 2 is 1.95 bits per heavy atom. The first-order valence-electron chi connectivity index (χ1n) is 6.34. The van der Waals surface area contributed by atoms with E-state index in [1.54, 1.807) is 7.11 Å². The lowest BCUT2D eigenvalue weighted by atomic mass is 10.4. The van der Waals surface area contributed by atoms with E-state index in [1.807, 2.05) is 0 Å². The molecule has 0 aliphatic rings. The van der Waals surface area contributed by atoms with Crippen LogP contribution in [0.1, 0.15) is 13.3 Å². The van der Waals surface area contributed by atoms with E-state index >= 15 is 0 Å². The van der Waals surface area contributed by atoms with Crippen LogP contribution in [0.5, 0.6) is 5.75 Å². The van der Waals surface area contributed by atoms with Gasteiger partial charge < -0.3 is 21.5 Å². The van der Waals surface area contributed by atoms with Crippen molar-refractivity contribution in [3.63, 3.8) is 0 Å². The molecule has 9 heteroatoms. The minimum atomic E-state index is 0.308. The Balaban J connectivity index is 2.30. The molecule has 2 rings (SSSR count). The second-order valence-electron chi connectivity index (χ2n) is 4.09. The molecule has 0 saturated heterocycles. The molecule has 0 unspecified atom stereocenters. The normalized spacial score (nSPS) is 10.4. The zero-order valence-corrected chi connectivity index (χ0v) is 12.6. The number of anilines is 3. The van der Waals surface area contributed by atoms with Crippen LogP contribution in [0.15, 0.2) is 22.6 Å². The minimum absolute atomic E-state index is 0.308. The zero-order chi connectivity index (χ0) is 15.2. The van der Waals surface area contributed by atoms with Crippen molar-refractivity contribution < 1.29 is 4.74 Å². The van der Waals surface area contributed by atoms with Crippen molar-refractivity contribution in [2.75, 3.05) is 30.4 Å². The number of ether oxygens (including phenoxy) is 1. The number of nitrogens with two attached hydrogens (primary N) is 2. The van der Waals surface area contributed by atoms with Gasteiger partial charge in [0.25, 0.3) is 0 Å². The van der Waals surface area contributed by atoms with Crippen LogP contribution < -0.4 is 21.5 Å². The Bertz CT molecular complexity index is 602. The highest BCUT2D eigenvalue weighted by Crippen LogP contribution is 2.35. The van der Waals surface area contributed by atoms with Gasteiger partial charge in [-0.25, -0.2) is 19.9 Å². The van der Waals surface area contributed by atoms with Gasteiger partial charge in [-0.3, -0.25) is 0 Å². The summed E-state index contributed by atoms with van der Waals surface area (Å²) in [6, 6.07) is 1.50. The summed E-state index contributed by atoms with van der Waals surface area (Å²) in [6.07, 6.45) is 2.43. The molecule has 0 amide bonds. The third kappa shape index (κ3) is 3.85. The molecular weight excluding hydrogens is 290 g/mol. The highest BCUT2D eigenvalue weighted by Gasteiger charge is 2.15. The molecule has 0 aliphatic carbocycles. The Hall–Kier alpha value is -2.29. The van der Waals surface area contributed by atoms with Gasteiger partial charge in [0.05, 0.1) is 7.11 Å². The summed E-state index contributed by atoms with van der Waals surface area (Å²) in [5.41, 5.74) is 11.3. The molecule has 21 heavy (non-hydrogen) atoms. The number of nitrogen functional groups attached to an aromatic ring is 2. The van der Waals surface area contributed by atoms with E-state index in [-0.39, 0.29) is 0 Å². The molecule has 0 saturated carbocycles. The monoisotopic (exact) mass is 307 g/mol. The van der Waals surface area contributed by atoms with E-state index in [1.165, 1.54) is 24.2 Å². The molecule has 0 aliphatic heterocycles. The smallest absolute Gasteiger partial charge is 0.197 e. The maximum absolute atomic E-state index is 5.66. The third-order valence-electron chi connectivity index (χ3n) is 2.45. The van der Waals surface area contributed by atoms with Crippen molar-refractivity contribution in [2.45, 2.75) is 23.5 Å². The first-order chi connectivity index (χ1) is 10.1. The molecule has 0 aromatic carbocycles. The van der Waals surface area contributed by atoms with Crippen LogP contribution >= 0.6 is 11.8 Å². The van der Waals surface area contributed by atoms with Gasteiger partial charge in [-0.2, -0.15) is 0 Å². The van der Waals surface area contributed by atoms with E-state index in [2.05, 4.69) is 32.2 Å². The van der Waals surface area contributed by atoms with Crippen molar-refractivity contribution in [1.82, 2.24) is 19.9 Å². The van der Waals surface area contributed by atoms with Crippen molar-refractivity contribution in [2.24, 2.45) is 0 Å². The predicted octanol–water partition coefficient (Wildman–Crippen LogP) is 1.41. The van der Waals surface area contributed by atoms with Crippen molar-refractivity contribution in [1.29, 1.82) is 0 Å². The molecule has 0 fully saturated rings. The molecule has 8 nitrogen and oxygen atoms in total. The second-order valence-corrected chi connectivity index (χ2v) is 5.05. The Labute approximate surface area is 126 Å². The summed E-state index contributed by atoms with van der Waals surface area (Å²) in [6.45, 7) is 2.86. The molecule has 112 valence electrons. The van der Waals surface area contributed by atoms with Gasteiger partial charge in [-0.05, 0) is 18.2 Å². The molecular formula is C12H17N7OS. The fourth-order valence-corrected chi connectivity index (χ4v) is 2.43. The number of nitrogens with zero attached hydrogens (tertiary/aromatic N) is 4. The molecule has 0 bridgehead atoms. The van der Waals surface area contributed by atoms with Gasteiger partial charge in [0, 0.05) is 12.6 Å². The molecule has 0 spiro atoms. The summed E-state index contributed by atoms with van der Waals surface area (Å²) in [5, 5.41) is 4.19. The van der Waals surface area contributed by atoms with Gasteiger partial charge in [-0.15, -0.1) is 0 Å². The fourth-order valence-electron chi connectivity index (χ4n) is 1.58. The van der Waals surface area contributed by atoms with Crippen molar-refractivity contribution in [3.8, 4) is 5.75 Å². The predicted molar refractivity (Wildman–Crippen MR) is 82.3 cm³/mol. The maximum Gasteiger partial charge on any atom is 0.197 e. The van der Waals surface area contributed by atoms with E-state index in [9.17, 15) is 0 Å². The van der Waals surface area contributed by atoms with E-state index < -0.39 is 0 Å². The zero-order valence-electron chi connectivity index (χ0n) is 11.8. The van der Waals surface area contributed by atoms with E-state index in [4.69, 9.17) is 16.2 Å². The number of hydrogen-bond acceptors (Lipinski definition) is 9. The summed E-state index contributed by atoms with van der Waals surface area (Å²) in [7, 11) is 1.56. The van der Waals surface area contributed by atoms with Crippen LogP contribution in [0.4, 0.5) is 17.5 Å². The fraction of sp³-hybridized carbons (Fsp3) is 0.333. The number of methoxy groups -OCH3 is 1. The van der Waals surface area contributed by atoms with E-state index in [0.29, 0.717) is 33.4 Å². The molecule has 5 N–H and O–H groups in total. The SMILES string of the molecule is CCCNc1ncnc(Sc2nc(N)cc(N)n2)c1OC. The number of nitrogens with one attached hydrogen (secondary N) is 1. The summed E-state index contributed by atoms with van der Waals surface area (Å²) in [4.78, 5) is 16.6. The highest BCUT2D eigenvalue weighted by molar-refractivity contribution is 7.99. The third-order valence-corrected chi connectivity index (χ3v) is 3.30. The largest absolute Gasteiger partial charge is 0.490 e. The molecule has 2 heterocycles. The first kappa shape index (κ1) is 15.1. The molecule has 2 aromatic heterocycles. The average molecular weight is 307 g/mol. The van der Waals surface area contributed by atoms with Crippen LogP contribution in [0.25, 0.3) is 0 Å². The van der Waals surface area contributed by atoms with Crippen molar-refractivity contribution >= 4 is 29.2 Å². The summed E-state index contributed by atoms with van der Waals surface area (Å²) in [5.74, 6) is 1.79. The number of rotatable bonds is 6. The number of hydrogen-bond donors (Lipinski definition) is 3. The summed E-state index contributed by atoms with van der Waals surface area (Å²) >= 11 is 1.22. The Kier molecular flexibility index (Phi) is 4.99. The second kappa shape index (κ2) is 6.93. The van der Waals surface area contributed by atoms with Gasteiger partial charge in [0.2, 0.25) is 0 Å². The molecule has 0 atom stereocenters. The Morgan fingerprint density at radius 3 is 2.57 bits per heavy atom. The lowest BCUT2D eigenvalue weighted by molar-refractivity contribution is 0.400. The lowest BCUT2D eigenvalue weighted by Gasteiger charge is -2.11. The van der Waals surface area contributed by atoms with Gasteiger partial charge in [-0.1, -0.05) is 6.92 Å². The standard InChI is InChI=1S/C12H17N7OS/c1-3-4-15-10-9(20-2)11(17-6-16-10)21-12-18-7(13)5-8(14)19-12/h5-6H,3-4H2,1-2H3,(H,15,16,17)(H4,13,14,18,19). The van der Waals surface area contributed by atoms with Crippen LogP contribution in [0.2, 0.25) is 0 Å². The molecule has 0 radical (unpaired) electrons. The summed E-state index contributed by atoms with van der Waals surface area (Å²) < 4.78 is 5.38.